The highest BCUT2D eigenvalue weighted by Crippen LogP contribution is 2.18. The zero-order valence-corrected chi connectivity index (χ0v) is 15.7. The number of nitrogens with zero attached hydrogens (tertiary/aromatic N) is 7. The lowest BCUT2D eigenvalue weighted by Crippen LogP contribution is -2.01. The summed E-state index contributed by atoms with van der Waals surface area (Å²) in [4.78, 5) is 9.12. The molecule has 0 spiro atoms. The highest BCUT2D eigenvalue weighted by Gasteiger charge is 2.11. The average molecular weight is 383 g/mol. The fourth-order valence-electron chi connectivity index (χ4n) is 3.10. The van der Waals surface area contributed by atoms with E-state index in [2.05, 4.69) is 25.4 Å². The molecule has 8 heteroatoms. The largest absolute Gasteiger partial charge is 0.497 e. The first-order valence-corrected chi connectivity index (χ1v) is 9.11. The van der Waals surface area contributed by atoms with Gasteiger partial charge >= 0.3 is 0 Å². The van der Waals surface area contributed by atoms with E-state index in [4.69, 9.17) is 4.74 Å². The molecule has 0 N–H and O–H groups in total. The van der Waals surface area contributed by atoms with Crippen LogP contribution in [0.3, 0.4) is 0 Å². The third-order valence-corrected chi connectivity index (χ3v) is 4.58. The molecule has 142 valence electrons. The molecule has 0 unspecified atom stereocenters. The fraction of sp³-hybridized carbons (Fsp3) is 0.0952. The molecule has 0 aliphatic heterocycles. The molecule has 0 radical (unpaired) electrons. The topological polar surface area (TPSA) is 83.5 Å². The summed E-state index contributed by atoms with van der Waals surface area (Å²) >= 11 is 0. The Balaban J connectivity index is 1.45. The smallest absolute Gasteiger partial charge is 0.187 e. The van der Waals surface area contributed by atoms with Crippen molar-refractivity contribution in [3.8, 4) is 17.1 Å². The molecule has 5 rings (SSSR count). The van der Waals surface area contributed by atoms with Crippen molar-refractivity contribution in [3.63, 3.8) is 0 Å². The number of aromatic nitrogens is 7. The van der Waals surface area contributed by atoms with Crippen molar-refractivity contribution in [1.82, 2.24) is 34.7 Å². The first kappa shape index (κ1) is 17.1. The number of hydrogen-bond acceptors (Lipinski definition) is 6. The van der Waals surface area contributed by atoms with E-state index in [9.17, 15) is 0 Å². The molecule has 0 atom stereocenters. The minimum atomic E-state index is 0.566. The van der Waals surface area contributed by atoms with Gasteiger partial charge in [0.25, 0.3) is 0 Å². The normalized spacial score (nSPS) is 11.1. The Morgan fingerprint density at radius 2 is 1.76 bits per heavy atom. The fourth-order valence-corrected chi connectivity index (χ4v) is 3.10. The molecule has 8 nitrogen and oxygen atoms in total. The van der Waals surface area contributed by atoms with Crippen LogP contribution in [-0.4, -0.2) is 41.9 Å². The predicted molar refractivity (Wildman–Crippen MR) is 107 cm³/mol. The molecule has 3 heterocycles. The minimum absolute atomic E-state index is 0.566. The van der Waals surface area contributed by atoms with Crippen LogP contribution in [0.25, 0.3) is 22.5 Å². The van der Waals surface area contributed by atoms with Gasteiger partial charge in [0.05, 0.1) is 30.9 Å². The summed E-state index contributed by atoms with van der Waals surface area (Å²) in [5, 5.41) is 12.8. The van der Waals surface area contributed by atoms with Gasteiger partial charge in [-0.1, -0.05) is 23.4 Å². The van der Waals surface area contributed by atoms with Gasteiger partial charge in [0, 0.05) is 12.6 Å². The summed E-state index contributed by atoms with van der Waals surface area (Å²) in [5.74, 6) is 1.46. The van der Waals surface area contributed by atoms with Crippen LogP contribution in [0.1, 0.15) is 11.4 Å². The van der Waals surface area contributed by atoms with Crippen molar-refractivity contribution in [3.05, 3.63) is 84.6 Å². The van der Waals surface area contributed by atoms with Gasteiger partial charge in [-0.2, -0.15) is 9.78 Å². The number of rotatable bonds is 5. The van der Waals surface area contributed by atoms with Gasteiger partial charge < -0.3 is 4.74 Å². The van der Waals surface area contributed by atoms with E-state index < -0.39 is 0 Å². The first-order chi connectivity index (χ1) is 14.3. The number of hydrogen-bond donors (Lipinski definition) is 0. The summed E-state index contributed by atoms with van der Waals surface area (Å²) in [6.07, 6.45) is 6.09. The Morgan fingerprint density at radius 3 is 2.55 bits per heavy atom. The van der Waals surface area contributed by atoms with Crippen molar-refractivity contribution in [2.75, 3.05) is 7.11 Å². The summed E-state index contributed by atoms with van der Waals surface area (Å²) in [5.41, 5.74) is 4.20. The molecule has 5 aromatic rings. The maximum absolute atomic E-state index is 5.21. The minimum Gasteiger partial charge on any atom is -0.497 e. The third-order valence-electron chi connectivity index (χ3n) is 4.58. The van der Waals surface area contributed by atoms with Crippen LogP contribution in [0.5, 0.6) is 5.75 Å². The Labute approximate surface area is 166 Å². The molecule has 0 fully saturated rings. The lowest BCUT2D eigenvalue weighted by molar-refractivity contribution is 0.414. The molecule has 0 bridgehead atoms. The molecule has 3 aromatic heterocycles. The van der Waals surface area contributed by atoms with Crippen LogP contribution in [0, 0.1) is 0 Å². The number of ether oxygens (including phenoxy) is 1. The summed E-state index contributed by atoms with van der Waals surface area (Å²) in [7, 11) is 1.64. The number of methoxy groups -OCH3 is 1. The van der Waals surface area contributed by atoms with Crippen LogP contribution in [0.2, 0.25) is 0 Å². The molecule has 0 aliphatic carbocycles. The molecular weight excluding hydrogens is 366 g/mol. The van der Waals surface area contributed by atoms with E-state index in [1.807, 2.05) is 71.7 Å². The van der Waals surface area contributed by atoms with E-state index in [0.29, 0.717) is 23.4 Å². The Bertz CT molecular complexity index is 1260. The van der Waals surface area contributed by atoms with Crippen LogP contribution < -0.4 is 4.74 Å². The van der Waals surface area contributed by atoms with Crippen molar-refractivity contribution in [2.45, 2.75) is 6.42 Å². The maximum Gasteiger partial charge on any atom is 0.187 e. The monoisotopic (exact) mass is 383 g/mol. The van der Waals surface area contributed by atoms with E-state index in [0.717, 1.165) is 22.7 Å². The van der Waals surface area contributed by atoms with Gasteiger partial charge in [0.2, 0.25) is 0 Å². The Hall–Kier alpha value is -4.07. The molecule has 0 saturated carbocycles. The van der Waals surface area contributed by atoms with Crippen molar-refractivity contribution < 1.29 is 4.74 Å². The SMILES string of the molecule is COc1ccc(-n2nnc3cnc(Cc4cnn(-c5ccccc5)c4)nc32)cc1. The van der Waals surface area contributed by atoms with E-state index in [-0.39, 0.29) is 0 Å². The van der Waals surface area contributed by atoms with Crippen molar-refractivity contribution >= 4 is 11.2 Å². The van der Waals surface area contributed by atoms with Crippen molar-refractivity contribution in [1.29, 1.82) is 0 Å². The van der Waals surface area contributed by atoms with Gasteiger partial charge in [0.15, 0.2) is 11.2 Å². The lowest BCUT2D eigenvalue weighted by Gasteiger charge is -2.04. The van der Waals surface area contributed by atoms with Crippen LogP contribution in [-0.2, 0) is 6.42 Å². The Kier molecular flexibility index (Phi) is 4.21. The van der Waals surface area contributed by atoms with Crippen LogP contribution in [0.15, 0.2) is 73.2 Å². The first-order valence-electron chi connectivity index (χ1n) is 9.11. The highest BCUT2D eigenvalue weighted by atomic mass is 16.5. The van der Waals surface area contributed by atoms with Gasteiger partial charge in [-0.25, -0.2) is 14.6 Å². The standard InChI is InChI=1S/C21H17N7O/c1-29-18-9-7-17(8-10-18)28-21-19(25-26-28)13-22-20(24-21)11-15-12-23-27(14-15)16-5-3-2-4-6-16/h2-10,12-14H,11H2,1H3. The predicted octanol–water partition coefficient (Wildman–Crippen LogP) is 3.00. The molecule has 29 heavy (non-hydrogen) atoms. The average Bonchev–Trinajstić information content (AvgIpc) is 3.41. The summed E-state index contributed by atoms with van der Waals surface area (Å²) in [6.45, 7) is 0. The second-order valence-corrected chi connectivity index (χ2v) is 6.50. The lowest BCUT2D eigenvalue weighted by atomic mass is 10.2. The maximum atomic E-state index is 5.21. The number of para-hydroxylation sites is 1. The van der Waals surface area contributed by atoms with Crippen LogP contribution >= 0.6 is 0 Å². The van der Waals surface area contributed by atoms with Crippen molar-refractivity contribution in [2.24, 2.45) is 0 Å². The molecule has 0 aliphatic rings. The van der Waals surface area contributed by atoms with E-state index in [1.54, 1.807) is 18.0 Å². The number of benzene rings is 2. The zero-order valence-electron chi connectivity index (χ0n) is 15.7. The summed E-state index contributed by atoms with van der Waals surface area (Å²) < 4.78 is 8.76. The second kappa shape index (κ2) is 7.16. The molecular formula is C21H17N7O. The van der Waals surface area contributed by atoms with Gasteiger partial charge in [0.1, 0.15) is 11.6 Å². The third kappa shape index (κ3) is 3.31. The molecule has 0 saturated heterocycles. The zero-order chi connectivity index (χ0) is 19.6. The second-order valence-electron chi connectivity index (χ2n) is 6.50. The van der Waals surface area contributed by atoms with Crippen LogP contribution in [0.4, 0.5) is 0 Å². The van der Waals surface area contributed by atoms with Gasteiger partial charge in [-0.15, -0.1) is 5.10 Å². The highest BCUT2D eigenvalue weighted by molar-refractivity contribution is 5.70. The Morgan fingerprint density at radius 1 is 0.931 bits per heavy atom. The summed E-state index contributed by atoms with van der Waals surface area (Å²) in [6, 6.07) is 17.6. The molecule has 0 amide bonds. The molecule has 2 aromatic carbocycles. The van der Waals surface area contributed by atoms with Gasteiger partial charge in [-0.05, 0) is 42.0 Å². The van der Waals surface area contributed by atoms with Gasteiger partial charge in [-0.3, -0.25) is 0 Å². The number of fused-ring (bicyclic) bond motifs is 1. The quantitative estimate of drug-likeness (QED) is 0.464. The van der Waals surface area contributed by atoms with E-state index in [1.165, 1.54) is 0 Å². The van der Waals surface area contributed by atoms with E-state index >= 15 is 0 Å².